The number of ether oxygens (including phenoxy) is 1. The van der Waals surface area contributed by atoms with Crippen molar-refractivity contribution in [3.05, 3.63) is 17.3 Å². The van der Waals surface area contributed by atoms with Gasteiger partial charge in [-0.25, -0.2) is 9.97 Å². The number of nitrogens with two attached hydrogens (primary N) is 1. The van der Waals surface area contributed by atoms with E-state index in [0.29, 0.717) is 18.0 Å². The first-order valence-corrected chi connectivity index (χ1v) is 8.54. The van der Waals surface area contributed by atoms with Crippen LogP contribution in [0.2, 0.25) is 0 Å². The first-order chi connectivity index (χ1) is 10.3. The van der Waals surface area contributed by atoms with Crippen LogP contribution in [-0.4, -0.2) is 40.2 Å². The number of nitrogen functional groups attached to an aromatic ring is 1. The predicted molar refractivity (Wildman–Crippen MR) is 84.2 cm³/mol. The van der Waals surface area contributed by atoms with Crippen LogP contribution in [0.25, 0.3) is 10.2 Å². The first-order valence-electron chi connectivity index (χ1n) is 7.66. The van der Waals surface area contributed by atoms with Crippen molar-refractivity contribution in [3.63, 3.8) is 0 Å². The maximum Gasteiger partial charge on any atom is 0.146 e. The minimum Gasteiger partial charge on any atom is -0.383 e. The Bertz CT molecular complexity index is 642. The molecule has 0 radical (unpaired) electrons. The van der Waals surface area contributed by atoms with Gasteiger partial charge in [0.25, 0.3) is 0 Å². The lowest BCUT2D eigenvalue weighted by atomic mass is 9.90. The normalized spacial score (nSPS) is 26.9. The third kappa shape index (κ3) is 2.52. The van der Waals surface area contributed by atoms with Gasteiger partial charge < -0.3 is 10.5 Å². The molecule has 0 bridgehead atoms. The number of nitrogens with zero attached hydrogens (tertiary/aromatic N) is 3. The number of thiophene rings is 1. The third-order valence-electron chi connectivity index (χ3n) is 4.59. The van der Waals surface area contributed by atoms with Crippen LogP contribution in [0.4, 0.5) is 5.82 Å². The van der Waals surface area contributed by atoms with E-state index in [1.165, 1.54) is 25.7 Å². The molecule has 4 rings (SSSR count). The van der Waals surface area contributed by atoms with Crippen molar-refractivity contribution in [3.8, 4) is 0 Å². The molecule has 0 amide bonds. The Morgan fingerprint density at radius 1 is 1.33 bits per heavy atom. The van der Waals surface area contributed by atoms with E-state index in [9.17, 15) is 0 Å². The summed E-state index contributed by atoms with van der Waals surface area (Å²) in [5, 5.41) is 2.99. The highest BCUT2D eigenvalue weighted by Crippen LogP contribution is 2.30. The van der Waals surface area contributed by atoms with E-state index in [4.69, 9.17) is 10.5 Å². The van der Waals surface area contributed by atoms with Gasteiger partial charge in [-0.15, -0.1) is 11.3 Å². The van der Waals surface area contributed by atoms with Crippen LogP contribution in [0.1, 0.15) is 31.5 Å². The summed E-state index contributed by atoms with van der Waals surface area (Å²) in [6.07, 6.45) is 5.40. The molecule has 21 heavy (non-hydrogen) atoms. The summed E-state index contributed by atoms with van der Waals surface area (Å²) >= 11 is 1.63. The monoisotopic (exact) mass is 304 g/mol. The Morgan fingerprint density at radius 2 is 2.24 bits per heavy atom. The van der Waals surface area contributed by atoms with Gasteiger partial charge in [0.05, 0.1) is 24.6 Å². The number of morpholine rings is 1. The molecule has 0 spiro atoms. The predicted octanol–water partition coefficient (Wildman–Crippen LogP) is 2.42. The molecule has 1 saturated carbocycles. The van der Waals surface area contributed by atoms with Crippen molar-refractivity contribution in [1.82, 2.24) is 14.9 Å². The van der Waals surface area contributed by atoms with Gasteiger partial charge in [0.1, 0.15) is 16.5 Å². The molecule has 2 aromatic heterocycles. The second kappa shape index (κ2) is 5.51. The lowest BCUT2D eigenvalue weighted by Gasteiger charge is -2.43. The van der Waals surface area contributed by atoms with E-state index >= 15 is 0 Å². The Labute approximate surface area is 128 Å². The van der Waals surface area contributed by atoms with Gasteiger partial charge in [0.2, 0.25) is 0 Å². The molecule has 2 aromatic rings. The van der Waals surface area contributed by atoms with E-state index in [1.807, 2.05) is 11.4 Å². The van der Waals surface area contributed by atoms with Crippen LogP contribution < -0.4 is 5.73 Å². The molecule has 3 heterocycles. The number of aromatic nitrogens is 2. The average molecular weight is 304 g/mol. The summed E-state index contributed by atoms with van der Waals surface area (Å²) < 4.78 is 5.93. The van der Waals surface area contributed by atoms with E-state index < -0.39 is 0 Å². The van der Waals surface area contributed by atoms with Crippen LogP contribution in [0.3, 0.4) is 0 Å². The van der Waals surface area contributed by atoms with Crippen molar-refractivity contribution in [2.75, 3.05) is 18.9 Å². The molecule has 2 unspecified atom stereocenters. The molecule has 112 valence electrons. The zero-order chi connectivity index (χ0) is 14.2. The molecule has 1 aliphatic heterocycles. The summed E-state index contributed by atoms with van der Waals surface area (Å²) in [7, 11) is 0. The van der Waals surface area contributed by atoms with Gasteiger partial charge in [-0.3, -0.25) is 4.90 Å². The minimum atomic E-state index is 0.398. The summed E-state index contributed by atoms with van der Waals surface area (Å²) in [6.45, 7) is 2.56. The van der Waals surface area contributed by atoms with Crippen molar-refractivity contribution >= 4 is 27.4 Å². The topological polar surface area (TPSA) is 64.3 Å². The quantitative estimate of drug-likeness (QED) is 0.923. The van der Waals surface area contributed by atoms with E-state index in [1.54, 1.807) is 11.3 Å². The van der Waals surface area contributed by atoms with E-state index in [0.717, 1.165) is 35.7 Å². The largest absolute Gasteiger partial charge is 0.383 e. The van der Waals surface area contributed by atoms with Gasteiger partial charge in [0.15, 0.2) is 0 Å². The lowest BCUT2D eigenvalue weighted by molar-refractivity contribution is -0.0917. The van der Waals surface area contributed by atoms with Crippen LogP contribution >= 0.6 is 11.3 Å². The van der Waals surface area contributed by atoms with Crippen LogP contribution in [0, 0.1) is 0 Å². The molecule has 2 atom stereocenters. The summed E-state index contributed by atoms with van der Waals surface area (Å²) in [6, 6.07) is 2.52. The highest BCUT2D eigenvalue weighted by Gasteiger charge is 2.34. The van der Waals surface area contributed by atoms with Crippen LogP contribution in [0.5, 0.6) is 0 Å². The molecular weight excluding hydrogens is 284 g/mol. The molecule has 6 heteroatoms. The van der Waals surface area contributed by atoms with Crippen molar-refractivity contribution in [2.45, 2.75) is 44.4 Å². The molecule has 0 aromatic carbocycles. The molecular formula is C15H20N4OS. The van der Waals surface area contributed by atoms with Gasteiger partial charge in [-0.1, -0.05) is 12.8 Å². The van der Waals surface area contributed by atoms with Crippen LogP contribution in [-0.2, 0) is 11.3 Å². The highest BCUT2D eigenvalue weighted by molar-refractivity contribution is 7.16. The number of anilines is 1. The number of fused-ring (bicyclic) bond motifs is 2. The second-order valence-electron chi connectivity index (χ2n) is 5.90. The fourth-order valence-electron chi connectivity index (χ4n) is 3.55. The van der Waals surface area contributed by atoms with Crippen molar-refractivity contribution in [2.24, 2.45) is 0 Å². The molecule has 1 saturated heterocycles. The SMILES string of the molecule is Nc1nc(CN2CCOC3CCCCC32)nc2sccc12. The number of hydrogen-bond acceptors (Lipinski definition) is 6. The van der Waals surface area contributed by atoms with E-state index in [-0.39, 0.29) is 0 Å². The standard InChI is InChI=1S/C15H20N4OS/c16-14-10-5-8-21-15(10)18-13(17-14)9-19-6-7-20-12-4-2-1-3-11(12)19/h5,8,11-12H,1-4,6-7,9H2,(H2,16,17,18). The fourth-order valence-corrected chi connectivity index (χ4v) is 4.34. The molecule has 2 fully saturated rings. The minimum absolute atomic E-state index is 0.398. The Balaban J connectivity index is 1.58. The molecule has 2 N–H and O–H groups in total. The number of hydrogen-bond donors (Lipinski definition) is 1. The van der Waals surface area contributed by atoms with Crippen LogP contribution in [0.15, 0.2) is 11.4 Å². The summed E-state index contributed by atoms with van der Waals surface area (Å²) in [5.41, 5.74) is 6.05. The zero-order valence-corrected chi connectivity index (χ0v) is 12.8. The zero-order valence-electron chi connectivity index (χ0n) is 12.0. The fraction of sp³-hybridized carbons (Fsp3) is 0.600. The molecule has 1 aliphatic carbocycles. The van der Waals surface area contributed by atoms with Gasteiger partial charge in [-0.2, -0.15) is 0 Å². The van der Waals surface area contributed by atoms with Crippen molar-refractivity contribution in [1.29, 1.82) is 0 Å². The Morgan fingerprint density at radius 3 is 3.19 bits per heavy atom. The lowest BCUT2D eigenvalue weighted by Crippen LogP contribution is -2.52. The van der Waals surface area contributed by atoms with Gasteiger partial charge in [0, 0.05) is 12.6 Å². The first kappa shape index (κ1) is 13.4. The van der Waals surface area contributed by atoms with Crippen molar-refractivity contribution < 1.29 is 4.74 Å². The van der Waals surface area contributed by atoms with E-state index in [2.05, 4.69) is 14.9 Å². The molecule has 5 nitrogen and oxygen atoms in total. The Kier molecular flexibility index (Phi) is 3.52. The summed E-state index contributed by atoms with van der Waals surface area (Å²) in [4.78, 5) is 12.6. The molecule has 2 aliphatic rings. The highest BCUT2D eigenvalue weighted by atomic mass is 32.1. The van der Waals surface area contributed by atoms with Gasteiger partial charge >= 0.3 is 0 Å². The smallest absolute Gasteiger partial charge is 0.146 e. The van der Waals surface area contributed by atoms with Gasteiger partial charge in [-0.05, 0) is 24.3 Å². The number of rotatable bonds is 2. The maximum absolute atomic E-state index is 6.05. The third-order valence-corrected chi connectivity index (χ3v) is 5.40. The second-order valence-corrected chi connectivity index (χ2v) is 6.79. The average Bonchev–Trinajstić information content (AvgIpc) is 2.97. The Hall–Kier alpha value is -1.24. The summed E-state index contributed by atoms with van der Waals surface area (Å²) in [5.74, 6) is 1.44. The maximum atomic E-state index is 6.05.